The highest BCUT2D eigenvalue weighted by atomic mass is 35.6. The molecule has 2 aromatic rings. The van der Waals surface area contributed by atoms with Gasteiger partial charge in [-0.25, -0.2) is 0 Å². The zero-order valence-electron chi connectivity index (χ0n) is 17.3. The molecule has 0 radical (unpaired) electrons. The van der Waals surface area contributed by atoms with E-state index in [0.29, 0.717) is 6.61 Å². The summed E-state index contributed by atoms with van der Waals surface area (Å²) in [7, 11) is 0. The third kappa shape index (κ3) is 5.57. The topological polar surface area (TPSA) is 70.0 Å². The summed E-state index contributed by atoms with van der Waals surface area (Å²) in [6.45, 7) is 2.55. The fourth-order valence-corrected chi connectivity index (χ4v) is 3.95. The van der Waals surface area contributed by atoms with Crippen LogP contribution in [0.25, 0.3) is 0 Å². The van der Waals surface area contributed by atoms with Gasteiger partial charge in [-0.05, 0) is 5.56 Å². The van der Waals surface area contributed by atoms with Crippen molar-refractivity contribution in [2.45, 2.75) is 48.2 Å². The van der Waals surface area contributed by atoms with Crippen molar-refractivity contribution < 1.29 is 23.7 Å². The number of hydrogen-bond donors (Lipinski definition) is 1. The third-order valence-electron chi connectivity index (χ3n) is 5.49. The molecule has 1 N–H and O–H groups in total. The molecule has 2 saturated heterocycles. The van der Waals surface area contributed by atoms with E-state index in [1.54, 1.807) is 0 Å². The van der Waals surface area contributed by atoms with Crippen molar-refractivity contribution in [1.82, 2.24) is 0 Å². The van der Waals surface area contributed by atoms with Gasteiger partial charge in [0.2, 0.25) is 12.2 Å². The van der Waals surface area contributed by atoms with Crippen LogP contribution in [0, 0.1) is 11.3 Å². The Morgan fingerprint density at radius 1 is 1.03 bits per heavy atom. The van der Waals surface area contributed by atoms with Gasteiger partial charge in [0.15, 0.2) is 6.29 Å². The lowest BCUT2D eigenvalue weighted by Gasteiger charge is -2.48. The minimum absolute atomic E-state index is 0.267. The molecular weight excluding hydrogens is 477 g/mol. The molecule has 0 spiro atoms. The Balaban J connectivity index is 1.53. The van der Waals surface area contributed by atoms with E-state index in [-0.39, 0.29) is 12.5 Å². The van der Waals surface area contributed by atoms with E-state index < -0.39 is 40.6 Å². The van der Waals surface area contributed by atoms with Crippen LogP contribution in [0.5, 0.6) is 0 Å². The van der Waals surface area contributed by atoms with Crippen molar-refractivity contribution in [2.24, 2.45) is 5.92 Å². The molecule has 2 heterocycles. The van der Waals surface area contributed by atoms with Gasteiger partial charge < -0.3 is 23.7 Å². The van der Waals surface area contributed by atoms with E-state index in [0.717, 1.165) is 11.1 Å². The number of benzene rings is 2. The van der Waals surface area contributed by atoms with E-state index in [9.17, 15) is 0 Å². The Labute approximate surface area is 202 Å². The highest BCUT2D eigenvalue weighted by molar-refractivity contribution is 6.76. The molecule has 9 heteroatoms. The van der Waals surface area contributed by atoms with E-state index in [2.05, 4.69) is 0 Å². The molecular formula is C23H24Cl3NO5. The third-order valence-corrected chi connectivity index (χ3v) is 6.00. The van der Waals surface area contributed by atoms with Crippen molar-refractivity contribution in [3.05, 3.63) is 71.8 Å². The number of alkyl halides is 3. The van der Waals surface area contributed by atoms with Gasteiger partial charge in [-0.3, -0.25) is 5.41 Å². The highest BCUT2D eigenvalue weighted by Crippen LogP contribution is 2.39. The van der Waals surface area contributed by atoms with E-state index in [4.69, 9.17) is 63.9 Å². The first-order valence-electron chi connectivity index (χ1n) is 10.3. The van der Waals surface area contributed by atoms with Crippen LogP contribution in [0.1, 0.15) is 24.3 Å². The second-order valence-corrected chi connectivity index (χ2v) is 10.1. The Hall–Kier alpha value is -1.38. The molecule has 0 saturated carbocycles. The molecule has 172 valence electrons. The molecule has 4 rings (SSSR count). The first kappa shape index (κ1) is 23.8. The van der Waals surface area contributed by atoms with E-state index in [1.165, 1.54) is 0 Å². The minimum atomic E-state index is -1.99. The first-order chi connectivity index (χ1) is 15.3. The van der Waals surface area contributed by atoms with Crippen LogP contribution in [-0.2, 0) is 30.3 Å². The zero-order valence-corrected chi connectivity index (χ0v) is 19.6. The summed E-state index contributed by atoms with van der Waals surface area (Å²) in [5.74, 6) is -0.832. The van der Waals surface area contributed by atoms with Crippen LogP contribution in [0.15, 0.2) is 60.7 Å². The standard InChI is InChI=1S/C23H24Cl3NO5/c1-14-18(28-12-15-8-4-2-5-9-15)19-17(30-20(14)32-22(27)23(24,25)26)13-29-21(31-19)16-10-6-3-7-11-16/h2-11,14,17-21,27H,12-13H2,1H3/t14?,17?,18-,19+,20+,21?/m0/s1. The van der Waals surface area contributed by atoms with Crippen LogP contribution in [-0.4, -0.2) is 40.9 Å². The lowest BCUT2D eigenvalue weighted by atomic mass is 9.91. The summed E-state index contributed by atoms with van der Waals surface area (Å²) >= 11 is 17.4. The van der Waals surface area contributed by atoms with Crippen molar-refractivity contribution in [1.29, 1.82) is 5.41 Å². The van der Waals surface area contributed by atoms with E-state index >= 15 is 0 Å². The zero-order chi connectivity index (χ0) is 22.7. The van der Waals surface area contributed by atoms with Gasteiger partial charge in [0, 0.05) is 11.5 Å². The average Bonchev–Trinajstić information content (AvgIpc) is 2.79. The number of fused-ring (bicyclic) bond motifs is 1. The predicted octanol–water partition coefficient (Wildman–Crippen LogP) is 5.41. The van der Waals surface area contributed by atoms with Crippen LogP contribution in [0.4, 0.5) is 0 Å². The Kier molecular flexibility index (Phi) is 7.62. The number of halogens is 3. The Morgan fingerprint density at radius 3 is 2.34 bits per heavy atom. The molecule has 2 fully saturated rings. The lowest BCUT2D eigenvalue weighted by molar-refractivity contribution is -0.348. The Bertz CT molecular complexity index is 896. The molecule has 6 nitrogen and oxygen atoms in total. The number of hydrogen-bond acceptors (Lipinski definition) is 6. The van der Waals surface area contributed by atoms with Gasteiger partial charge in [-0.1, -0.05) is 102 Å². The maximum atomic E-state index is 7.94. The number of ether oxygens (including phenoxy) is 5. The van der Waals surface area contributed by atoms with Crippen molar-refractivity contribution >= 4 is 40.7 Å². The quantitative estimate of drug-likeness (QED) is 0.338. The lowest BCUT2D eigenvalue weighted by Crippen LogP contribution is -2.60. The molecule has 3 unspecified atom stereocenters. The fraction of sp³-hybridized carbons (Fsp3) is 0.435. The van der Waals surface area contributed by atoms with Crippen molar-refractivity contribution in [3.8, 4) is 0 Å². The average molecular weight is 501 g/mol. The summed E-state index contributed by atoms with van der Waals surface area (Å²) in [6, 6.07) is 19.6. The molecule has 0 aliphatic carbocycles. The van der Waals surface area contributed by atoms with Crippen molar-refractivity contribution in [3.63, 3.8) is 0 Å². The van der Waals surface area contributed by atoms with Crippen LogP contribution >= 0.6 is 34.8 Å². The monoisotopic (exact) mass is 499 g/mol. The summed E-state index contributed by atoms with van der Waals surface area (Å²) in [5, 5.41) is 7.94. The van der Waals surface area contributed by atoms with Gasteiger partial charge in [-0.2, -0.15) is 0 Å². The van der Waals surface area contributed by atoms with Gasteiger partial charge in [0.1, 0.15) is 12.2 Å². The number of nitrogens with one attached hydrogen (secondary N) is 1. The Morgan fingerprint density at radius 2 is 1.69 bits per heavy atom. The first-order valence-corrected chi connectivity index (χ1v) is 11.4. The van der Waals surface area contributed by atoms with Crippen LogP contribution in [0.2, 0.25) is 0 Å². The molecule has 2 aliphatic heterocycles. The molecule has 0 amide bonds. The number of rotatable bonds is 5. The molecule has 0 aromatic heterocycles. The SMILES string of the molecule is CC1[C@@H](OC(=N)C(Cl)(Cl)Cl)OC2COC(c3ccccc3)O[C@H]2[C@H]1OCc1ccccc1. The second-order valence-electron chi connectivity index (χ2n) is 7.78. The van der Waals surface area contributed by atoms with Gasteiger partial charge in [0.05, 0.1) is 19.3 Å². The van der Waals surface area contributed by atoms with E-state index in [1.807, 2.05) is 67.6 Å². The summed E-state index contributed by atoms with van der Waals surface area (Å²) < 4.78 is 28.2. The normalized spacial score (nSPS) is 30.4. The largest absolute Gasteiger partial charge is 0.448 e. The maximum Gasteiger partial charge on any atom is 0.265 e. The van der Waals surface area contributed by atoms with Crippen molar-refractivity contribution in [2.75, 3.05) is 6.61 Å². The minimum Gasteiger partial charge on any atom is -0.448 e. The molecule has 2 aromatic carbocycles. The maximum absolute atomic E-state index is 7.94. The molecule has 6 atom stereocenters. The highest BCUT2D eigenvalue weighted by Gasteiger charge is 2.50. The second kappa shape index (κ2) is 10.3. The van der Waals surface area contributed by atoms with Crippen LogP contribution < -0.4 is 0 Å². The predicted molar refractivity (Wildman–Crippen MR) is 122 cm³/mol. The summed E-state index contributed by atoms with van der Waals surface area (Å²) in [5.41, 5.74) is 1.94. The molecule has 2 aliphatic rings. The smallest absolute Gasteiger partial charge is 0.265 e. The molecule has 32 heavy (non-hydrogen) atoms. The fourth-order valence-electron chi connectivity index (χ4n) is 3.82. The van der Waals surface area contributed by atoms with Gasteiger partial charge in [0.25, 0.3) is 3.79 Å². The van der Waals surface area contributed by atoms with Crippen LogP contribution in [0.3, 0.4) is 0 Å². The summed E-state index contributed by atoms with van der Waals surface area (Å²) in [6.07, 6.45) is -2.68. The molecule has 0 bridgehead atoms. The van der Waals surface area contributed by atoms with Gasteiger partial charge in [-0.15, -0.1) is 0 Å². The van der Waals surface area contributed by atoms with Gasteiger partial charge >= 0.3 is 0 Å². The summed E-state index contributed by atoms with van der Waals surface area (Å²) in [4.78, 5) is 0.